The molecule has 30 heavy (non-hydrogen) atoms. The van der Waals surface area contributed by atoms with Gasteiger partial charge >= 0.3 is 0 Å². The molecule has 0 unspecified atom stereocenters. The van der Waals surface area contributed by atoms with Crippen LogP contribution in [0.4, 0.5) is 4.39 Å². The predicted octanol–water partition coefficient (Wildman–Crippen LogP) is 1.66. The van der Waals surface area contributed by atoms with Crippen LogP contribution in [0.15, 0.2) is 47.4 Å². The fraction of sp³-hybridized carbons (Fsp3) is 0.350. The van der Waals surface area contributed by atoms with Gasteiger partial charge in [0.25, 0.3) is 5.91 Å². The van der Waals surface area contributed by atoms with E-state index in [1.165, 1.54) is 4.31 Å². The number of hydrogen-bond acceptors (Lipinski definition) is 6. The maximum absolute atomic E-state index is 14.2. The molecule has 0 aliphatic carbocycles. The monoisotopic (exact) mass is 438 g/mol. The van der Waals surface area contributed by atoms with Gasteiger partial charge in [0.05, 0.1) is 37.3 Å². The Kier molecular flexibility index (Phi) is 7.24. The van der Waals surface area contributed by atoms with E-state index in [0.29, 0.717) is 24.7 Å². The van der Waals surface area contributed by atoms with Gasteiger partial charge in [-0.25, -0.2) is 12.8 Å². The minimum absolute atomic E-state index is 0.116. The molecular formula is C20H23FN2O6S. The molecule has 0 aromatic heterocycles. The van der Waals surface area contributed by atoms with Gasteiger partial charge in [-0.15, -0.1) is 0 Å². The SMILES string of the molecule is COc1ccc(OCCNC(=O)c2cc(S(=O)(=O)N3CCOCC3)ccc2F)cc1. The Balaban J connectivity index is 1.60. The first-order valence-corrected chi connectivity index (χ1v) is 10.8. The zero-order chi connectivity index (χ0) is 21.6. The molecule has 2 aromatic carbocycles. The molecule has 3 rings (SSSR count). The summed E-state index contributed by atoms with van der Waals surface area (Å²) in [5, 5.41) is 2.53. The van der Waals surface area contributed by atoms with E-state index >= 15 is 0 Å². The second kappa shape index (κ2) is 9.88. The third-order valence-electron chi connectivity index (χ3n) is 4.51. The topological polar surface area (TPSA) is 94.2 Å². The fourth-order valence-corrected chi connectivity index (χ4v) is 4.31. The molecule has 0 radical (unpaired) electrons. The van der Waals surface area contributed by atoms with Gasteiger partial charge < -0.3 is 19.5 Å². The van der Waals surface area contributed by atoms with Gasteiger partial charge in [-0.1, -0.05) is 0 Å². The molecule has 1 fully saturated rings. The summed E-state index contributed by atoms with van der Waals surface area (Å²) < 4.78 is 56.6. The Morgan fingerprint density at radius 2 is 1.80 bits per heavy atom. The number of amides is 1. The lowest BCUT2D eigenvalue weighted by Gasteiger charge is -2.26. The van der Waals surface area contributed by atoms with Crippen molar-refractivity contribution < 1.29 is 31.8 Å². The molecule has 8 nitrogen and oxygen atoms in total. The van der Waals surface area contributed by atoms with Gasteiger partial charge in [-0.05, 0) is 42.5 Å². The second-order valence-electron chi connectivity index (χ2n) is 6.44. The first-order valence-electron chi connectivity index (χ1n) is 9.34. The highest BCUT2D eigenvalue weighted by Crippen LogP contribution is 2.20. The van der Waals surface area contributed by atoms with Crippen molar-refractivity contribution in [3.63, 3.8) is 0 Å². The molecule has 1 N–H and O–H groups in total. The summed E-state index contributed by atoms with van der Waals surface area (Å²) in [4.78, 5) is 12.2. The summed E-state index contributed by atoms with van der Waals surface area (Å²) in [7, 11) is -2.27. The number of halogens is 1. The van der Waals surface area contributed by atoms with Crippen molar-refractivity contribution in [3.05, 3.63) is 53.8 Å². The highest BCUT2D eigenvalue weighted by molar-refractivity contribution is 7.89. The molecule has 0 spiro atoms. The molecule has 0 atom stereocenters. The maximum Gasteiger partial charge on any atom is 0.254 e. The van der Waals surface area contributed by atoms with Crippen LogP contribution < -0.4 is 14.8 Å². The highest BCUT2D eigenvalue weighted by Gasteiger charge is 2.27. The van der Waals surface area contributed by atoms with Gasteiger partial charge in [-0.3, -0.25) is 4.79 Å². The smallest absolute Gasteiger partial charge is 0.254 e. The molecule has 2 aromatic rings. The van der Waals surface area contributed by atoms with Crippen LogP contribution in [0.2, 0.25) is 0 Å². The van der Waals surface area contributed by atoms with Crippen LogP contribution in [-0.2, 0) is 14.8 Å². The number of rotatable bonds is 8. The maximum atomic E-state index is 14.2. The van der Waals surface area contributed by atoms with Crippen molar-refractivity contribution >= 4 is 15.9 Å². The van der Waals surface area contributed by atoms with E-state index in [1.54, 1.807) is 31.4 Å². The Bertz CT molecular complexity index is 975. The van der Waals surface area contributed by atoms with Crippen LogP contribution in [0.25, 0.3) is 0 Å². The van der Waals surface area contributed by atoms with Gasteiger partial charge in [-0.2, -0.15) is 4.31 Å². The summed E-state index contributed by atoms with van der Waals surface area (Å²) in [6, 6.07) is 10.1. The molecule has 1 aliphatic heterocycles. The number of nitrogens with one attached hydrogen (secondary N) is 1. The second-order valence-corrected chi connectivity index (χ2v) is 8.38. The number of nitrogens with zero attached hydrogens (tertiary/aromatic N) is 1. The average molecular weight is 438 g/mol. The normalized spacial score (nSPS) is 14.9. The molecule has 1 heterocycles. The molecule has 0 bridgehead atoms. The molecule has 1 saturated heterocycles. The molecule has 10 heteroatoms. The molecule has 1 amide bonds. The van der Waals surface area contributed by atoms with Gasteiger partial charge in [0.1, 0.15) is 23.9 Å². The van der Waals surface area contributed by atoms with E-state index in [2.05, 4.69) is 5.32 Å². The molecule has 0 saturated carbocycles. The third kappa shape index (κ3) is 5.26. The van der Waals surface area contributed by atoms with E-state index in [9.17, 15) is 17.6 Å². The molecular weight excluding hydrogens is 415 g/mol. The zero-order valence-corrected chi connectivity index (χ0v) is 17.3. The third-order valence-corrected chi connectivity index (χ3v) is 6.40. The van der Waals surface area contributed by atoms with E-state index in [4.69, 9.17) is 14.2 Å². The molecule has 162 valence electrons. The number of methoxy groups -OCH3 is 1. The average Bonchev–Trinajstić information content (AvgIpc) is 2.77. The van der Waals surface area contributed by atoms with Crippen LogP contribution in [0.3, 0.4) is 0 Å². The van der Waals surface area contributed by atoms with Crippen molar-refractivity contribution in [1.82, 2.24) is 9.62 Å². The van der Waals surface area contributed by atoms with Crippen molar-refractivity contribution in [2.45, 2.75) is 4.90 Å². The lowest BCUT2D eigenvalue weighted by Crippen LogP contribution is -2.40. The number of sulfonamides is 1. The largest absolute Gasteiger partial charge is 0.497 e. The first kappa shape index (κ1) is 22.0. The van der Waals surface area contributed by atoms with Crippen LogP contribution in [0.1, 0.15) is 10.4 Å². The zero-order valence-electron chi connectivity index (χ0n) is 16.5. The Morgan fingerprint density at radius 1 is 1.13 bits per heavy atom. The summed E-state index contributed by atoms with van der Waals surface area (Å²) in [6.07, 6.45) is 0. The lowest BCUT2D eigenvalue weighted by molar-refractivity contribution is 0.0730. The van der Waals surface area contributed by atoms with Gasteiger partial charge in [0, 0.05) is 13.1 Å². The van der Waals surface area contributed by atoms with E-state index in [1.807, 2.05) is 0 Å². The van der Waals surface area contributed by atoms with Crippen molar-refractivity contribution in [3.8, 4) is 11.5 Å². The van der Waals surface area contributed by atoms with Gasteiger partial charge in [0.15, 0.2) is 0 Å². The van der Waals surface area contributed by atoms with E-state index < -0.39 is 21.7 Å². The number of ether oxygens (including phenoxy) is 3. The Labute approximate surface area is 174 Å². The van der Waals surface area contributed by atoms with Crippen LogP contribution in [0.5, 0.6) is 11.5 Å². The van der Waals surface area contributed by atoms with Gasteiger partial charge in [0.2, 0.25) is 10.0 Å². The summed E-state index contributed by atoms with van der Waals surface area (Å²) in [5.41, 5.74) is -0.339. The van der Waals surface area contributed by atoms with Crippen molar-refractivity contribution in [2.24, 2.45) is 0 Å². The van der Waals surface area contributed by atoms with Crippen molar-refractivity contribution in [2.75, 3.05) is 46.6 Å². The lowest BCUT2D eigenvalue weighted by atomic mass is 10.2. The predicted molar refractivity (Wildman–Crippen MR) is 107 cm³/mol. The highest BCUT2D eigenvalue weighted by atomic mass is 32.2. The summed E-state index contributed by atoms with van der Waals surface area (Å²) in [5.74, 6) is -0.234. The molecule has 1 aliphatic rings. The fourth-order valence-electron chi connectivity index (χ4n) is 2.88. The number of carbonyl (C=O) groups is 1. The summed E-state index contributed by atoms with van der Waals surface area (Å²) >= 11 is 0. The number of carbonyl (C=O) groups excluding carboxylic acids is 1. The van der Waals surface area contributed by atoms with Crippen LogP contribution in [-0.4, -0.2) is 65.2 Å². The standard InChI is InChI=1S/C20H23FN2O6S/c1-27-15-2-4-16(5-3-15)29-11-8-22-20(24)18-14-17(6-7-19(18)21)30(25,26)23-9-12-28-13-10-23/h2-7,14H,8-13H2,1H3,(H,22,24). The van der Waals surface area contributed by atoms with Crippen LogP contribution >= 0.6 is 0 Å². The summed E-state index contributed by atoms with van der Waals surface area (Å²) in [6.45, 7) is 1.29. The Morgan fingerprint density at radius 3 is 2.47 bits per heavy atom. The Hall–Kier alpha value is -2.69. The van der Waals surface area contributed by atoms with E-state index in [-0.39, 0.29) is 36.7 Å². The minimum Gasteiger partial charge on any atom is -0.497 e. The quantitative estimate of drug-likeness (QED) is 0.630. The van der Waals surface area contributed by atoms with E-state index in [0.717, 1.165) is 18.2 Å². The van der Waals surface area contributed by atoms with Crippen LogP contribution in [0, 0.1) is 5.82 Å². The van der Waals surface area contributed by atoms with Crippen molar-refractivity contribution in [1.29, 1.82) is 0 Å². The number of morpholine rings is 1. The minimum atomic E-state index is -3.83. The first-order chi connectivity index (χ1) is 14.4. The number of benzene rings is 2. The number of hydrogen-bond donors (Lipinski definition) is 1.